The van der Waals surface area contributed by atoms with Crippen LogP contribution in [-0.4, -0.2) is 32.5 Å². The van der Waals surface area contributed by atoms with Gasteiger partial charge in [0.25, 0.3) is 0 Å². The second-order valence-electron chi connectivity index (χ2n) is 6.12. The van der Waals surface area contributed by atoms with Gasteiger partial charge in [0.1, 0.15) is 12.1 Å². The number of ether oxygens (including phenoxy) is 1. The molecular weight excluding hydrogens is 396 g/mol. The molecule has 1 atom stereocenters. The molecule has 146 valence electrons. The summed E-state index contributed by atoms with van der Waals surface area (Å²) < 4.78 is 7.23. The van der Waals surface area contributed by atoms with Crippen LogP contribution in [0.25, 0.3) is 5.69 Å². The largest absolute Gasteiger partial charge is 0.494 e. The fourth-order valence-corrected chi connectivity index (χ4v) is 3.49. The number of rotatable bonds is 7. The Morgan fingerprint density at radius 3 is 2.71 bits per heavy atom. The number of aryl methyl sites for hydroxylation is 1. The van der Waals surface area contributed by atoms with Crippen molar-refractivity contribution in [1.29, 1.82) is 0 Å². The van der Waals surface area contributed by atoms with Crippen LogP contribution in [0, 0.1) is 6.92 Å². The van der Waals surface area contributed by atoms with E-state index in [1.807, 2.05) is 67.8 Å². The Kier molecular flexibility index (Phi) is 6.59. The van der Waals surface area contributed by atoms with E-state index in [1.165, 1.54) is 11.8 Å². The first-order valence-corrected chi connectivity index (χ1v) is 10.1. The minimum atomic E-state index is -0.365. The first-order chi connectivity index (χ1) is 13.5. The van der Waals surface area contributed by atoms with Crippen molar-refractivity contribution in [1.82, 2.24) is 14.8 Å². The molecule has 0 aliphatic heterocycles. The molecule has 1 unspecified atom stereocenters. The first-order valence-electron chi connectivity index (χ1n) is 8.85. The Morgan fingerprint density at radius 1 is 1.29 bits per heavy atom. The molecule has 1 heterocycles. The molecule has 0 aliphatic rings. The monoisotopic (exact) mass is 416 g/mol. The van der Waals surface area contributed by atoms with E-state index in [0.717, 1.165) is 17.0 Å². The maximum atomic E-state index is 12.6. The summed E-state index contributed by atoms with van der Waals surface area (Å²) in [5.41, 5.74) is 2.56. The number of carbonyl (C=O) groups is 1. The molecule has 0 bridgehead atoms. The number of benzene rings is 2. The SMILES string of the molecule is CCOc1ccc(NC(=O)C(C)Sc2nncn2-c2ccc(C)c(Cl)c2)cc1. The number of hydrogen-bond donors (Lipinski definition) is 1. The summed E-state index contributed by atoms with van der Waals surface area (Å²) in [6, 6.07) is 13.0. The van der Waals surface area contributed by atoms with Crippen LogP contribution in [0.2, 0.25) is 5.02 Å². The lowest BCUT2D eigenvalue weighted by atomic mass is 10.2. The van der Waals surface area contributed by atoms with Gasteiger partial charge in [0.05, 0.1) is 17.5 Å². The van der Waals surface area contributed by atoms with Gasteiger partial charge in [-0.15, -0.1) is 10.2 Å². The lowest BCUT2D eigenvalue weighted by Gasteiger charge is -2.13. The van der Waals surface area contributed by atoms with Gasteiger partial charge < -0.3 is 10.1 Å². The maximum absolute atomic E-state index is 12.6. The molecule has 0 aliphatic carbocycles. The molecule has 0 spiro atoms. The highest BCUT2D eigenvalue weighted by Gasteiger charge is 2.19. The average molecular weight is 417 g/mol. The van der Waals surface area contributed by atoms with Crippen LogP contribution in [0.5, 0.6) is 5.75 Å². The predicted octanol–water partition coefficient (Wildman–Crippen LogP) is 4.75. The fourth-order valence-electron chi connectivity index (χ4n) is 2.47. The van der Waals surface area contributed by atoms with Crippen molar-refractivity contribution in [3.05, 3.63) is 59.4 Å². The number of anilines is 1. The van der Waals surface area contributed by atoms with Crippen molar-refractivity contribution in [3.8, 4) is 11.4 Å². The Labute approximate surface area is 173 Å². The highest BCUT2D eigenvalue weighted by atomic mass is 35.5. The minimum absolute atomic E-state index is 0.120. The number of aromatic nitrogens is 3. The van der Waals surface area contributed by atoms with E-state index in [9.17, 15) is 4.79 Å². The normalized spacial score (nSPS) is 11.9. The van der Waals surface area contributed by atoms with Gasteiger partial charge in [-0.2, -0.15) is 0 Å². The standard InChI is InChI=1S/C20H21ClN4O2S/c1-4-27-17-9-6-15(7-10-17)23-19(26)14(3)28-20-24-22-12-25(20)16-8-5-13(2)18(21)11-16/h5-12,14H,4H2,1-3H3,(H,23,26). The van der Waals surface area contributed by atoms with Gasteiger partial charge in [-0.3, -0.25) is 9.36 Å². The second kappa shape index (κ2) is 9.12. The van der Waals surface area contributed by atoms with Crippen molar-refractivity contribution in [2.75, 3.05) is 11.9 Å². The quantitative estimate of drug-likeness (QED) is 0.563. The molecule has 0 fully saturated rings. The van der Waals surface area contributed by atoms with E-state index < -0.39 is 0 Å². The van der Waals surface area contributed by atoms with Crippen molar-refractivity contribution in [2.45, 2.75) is 31.2 Å². The summed E-state index contributed by atoms with van der Waals surface area (Å²) in [5.74, 6) is 0.651. The molecule has 8 heteroatoms. The number of halogens is 1. The van der Waals surface area contributed by atoms with Gasteiger partial charge >= 0.3 is 0 Å². The first kappa shape index (κ1) is 20.2. The number of hydrogen-bond acceptors (Lipinski definition) is 5. The lowest BCUT2D eigenvalue weighted by Crippen LogP contribution is -2.22. The highest BCUT2D eigenvalue weighted by Crippen LogP contribution is 2.27. The molecule has 0 radical (unpaired) electrons. The highest BCUT2D eigenvalue weighted by molar-refractivity contribution is 8.00. The molecule has 1 amide bonds. The molecule has 6 nitrogen and oxygen atoms in total. The van der Waals surface area contributed by atoms with E-state index in [4.69, 9.17) is 16.3 Å². The average Bonchev–Trinajstić information content (AvgIpc) is 3.14. The van der Waals surface area contributed by atoms with E-state index >= 15 is 0 Å². The van der Waals surface area contributed by atoms with Crippen LogP contribution in [0.4, 0.5) is 5.69 Å². The number of carbonyl (C=O) groups excluding carboxylic acids is 1. The zero-order chi connectivity index (χ0) is 20.1. The summed E-state index contributed by atoms with van der Waals surface area (Å²) >= 11 is 7.56. The molecular formula is C20H21ClN4O2S. The van der Waals surface area contributed by atoms with Crippen LogP contribution >= 0.6 is 23.4 Å². The molecule has 0 saturated carbocycles. The lowest BCUT2D eigenvalue weighted by molar-refractivity contribution is -0.115. The van der Waals surface area contributed by atoms with Crippen molar-refractivity contribution < 1.29 is 9.53 Å². The molecule has 1 aromatic heterocycles. The van der Waals surface area contributed by atoms with Crippen LogP contribution in [0.3, 0.4) is 0 Å². The van der Waals surface area contributed by atoms with Gasteiger partial charge in [-0.05, 0) is 62.7 Å². The van der Waals surface area contributed by atoms with Gasteiger partial charge in [0.15, 0.2) is 5.16 Å². The van der Waals surface area contributed by atoms with E-state index in [-0.39, 0.29) is 11.2 Å². The smallest absolute Gasteiger partial charge is 0.237 e. The van der Waals surface area contributed by atoms with Crippen molar-refractivity contribution in [3.63, 3.8) is 0 Å². The number of thioether (sulfide) groups is 1. The number of amides is 1. The molecule has 28 heavy (non-hydrogen) atoms. The molecule has 0 saturated heterocycles. The zero-order valence-electron chi connectivity index (χ0n) is 15.8. The van der Waals surface area contributed by atoms with E-state index in [1.54, 1.807) is 6.33 Å². The second-order valence-corrected chi connectivity index (χ2v) is 7.84. The van der Waals surface area contributed by atoms with Crippen LogP contribution in [0.15, 0.2) is 53.9 Å². The Morgan fingerprint density at radius 2 is 2.04 bits per heavy atom. The molecule has 3 rings (SSSR count). The Hall–Kier alpha value is -2.51. The van der Waals surface area contributed by atoms with Crippen LogP contribution < -0.4 is 10.1 Å². The van der Waals surface area contributed by atoms with E-state index in [0.29, 0.717) is 22.5 Å². The molecule has 3 aromatic rings. The van der Waals surface area contributed by atoms with Crippen LogP contribution in [-0.2, 0) is 4.79 Å². The van der Waals surface area contributed by atoms with Crippen LogP contribution in [0.1, 0.15) is 19.4 Å². The van der Waals surface area contributed by atoms with Gasteiger partial charge in [0, 0.05) is 10.7 Å². The third-order valence-corrected chi connectivity index (χ3v) is 5.50. The van der Waals surface area contributed by atoms with Gasteiger partial charge in [0.2, 0.25) is 5.91 Å². The minimum Gasteiger partial charge on any atom is -0.494 e. The maximum Gasteiger partial charge on any atom is 0.237 e. The fraction of sp³-hybridized carbons (Fsp3) is 0.250. The molecule has 2 aromatic carbocycles. The summed E-state index contributed by atoms with van der Waals surface area (Å²) in [6.45, 7) is 6.31. The summed E-state index contributed by atoms with van der Waals surface area (Å²) in [6.07, 6.45) is 1.61. The van der Waals surface area contributed by atoms with E-state index in [2.05, 4.69) is 15.5 Å². The van der Waals surface area contributed by atoms with Crippen molar-refractivity contribution in [2.24, 2.45) is 0 Å². The summed E-state index contributed by atoms with van der Waals surface area (Å²) in [4.78, 5) is 12.6. The third-order valence-electron chi connectivity index (χ3n) is 4.03. The third kappa shape index (κ3) is 4.85. The Bertz CT molecular complexity index is 959. The summed E-state index contributed by atoms with van der Waals surface area (Å²) in [7, 11) is 0. The van der Waals surface area contributed by atoms with Gasteiger partial charge in [-0.25, -0.2) is 0 Å². The topological polar surface area (TPSA) is 69.0 Å². The zero-order valence-corrected chi connectivity index (χ0v) is 17.4. The predicted molar refractivity (Wildman–Crippen MR) is 113 cm³/mol. The Balaban J connectivity index is 1.67. The molecule has 1 N–H and O–H groups in total. The van der Waals surface area contributed by atoms with Gasteiger partial charge in [-0.1, -0.05) is 29.4 Å². The van der Waals surface area contributed by atoms with Crippen molar-refractivity contribution >= 4 is 35.0 Å². The number of nitrogens with zero attached hydrogens (tertiary/aromatic N) is 3. The summed E-state index contributed by atoms with van der Waals surface area (Å²) in [5, 5.41) is 11.9. The number of nitrogens with one attached hydrogen (secondary N) is 1.